The molecule has 0 radical (unpaired) electrons. The van der Waals surface area contributed by atoms with Gasteiger partial charge in [-0.15, -0.1) is 0 Å². The van der Waals surface area contributed by atoms with E-state index in [0.717, 1.165) is 17.2 Å². The molecule has 0 spiro atoms. The zero-order valence-electron chi connectivity index (χ0n) is 17.1. The molecule has 2 rings (SSSR count). The first-order valence-corrected chi connectivity index (χ1v) is 13.0. The van der Waals surface area contributed by atoms with Crippen molar-refractivity contribution in [3.05, 3.63) is 50.2 Å². The molecule has 1 N–H and O–H groups in total. The van der Waals surface area contributed by atoms with Gasteiger partial charge in [-0.2, -0.15) is 0 Å². The van der Waals surface area contributed by atoms with E-state index in [1.54, 1.807) is 29.7 Å². The van der Waals surface area contributed by atoms with Crippen LogP contribution in [0.3, 0.4) is 0 Å². The summed E-state index contributed by atoms with van der Waals surface area (Å²) >= 11 is 0. The highest BCUT2D eigenvalue weighted by Gasteiger charge is 2.19. The lowest BCUT2D eigenvalue weighted by Crippen LogP contribution is -2.42. The number of aromatic nitrogens is 2. The van der Waals surface area contributed by atoms with Crippen LogP contribution < -0.4 is 11.2 Å². The molecule has 0 aliphatic heterocycles. The zero-order valence-corrected chi connectivity index (χ0v) is 18.1. The normalized spacial score (nSPS) is 11.8. The zero-order chi connectivity index (χ0) is 20.4. The summed E-state index contributed by atoms with van der Waals surface area (Å²) in [5, 5.41) is 9.66. The molecular weight excluding hydrogens is 360 g/mol. The second-order valence-electron chi connectivity index (χ2n) is 8.08. The van der Waals surface area contributed by atoms with E-state index >= 15 is 0 Å². The van der Waals surface area contributed by atoms with Crippen LogP contribution in [0.2, 0.25) is 25.7 Å². The number of aryl methyl sites for hydroxylation is 1. The van der Waals surface area contributed by atoms with Crippen molar-refractivity contribution in [3.63, 3.8) is 0 Å². The molecule has 0 aliphatic carbocycles. The first-order valence-electron chi connectivity index (χ1n) is 9.28. The summed E-state index contributed by atoms with van der Waals surface area (Å²) in [6, 6.07) is 5.92. The van der Waals surface area contributed by atoms with Gasteiger partial charge in [-0.05, 0) is 50.6 Å². The summed E-state index contributed by atoms with van der Waals surface area (Å²) in [6.07, 6.45) is 0. The molecule has 1 aromatic heterocycles. The Bertz CT molecular complexity index is 939. The molecule has 0 atom stereocenters. The molecule has 7 heteroatoms. The number of rotatable bonds is 7. The number of phenols is 1. The fourth-order valence-electron chi connectivity index (χ4n) is 3.04. The number of hydrogen-bond donors (Lipinski definition) is 1. The van der Waals surface area contributed by atoms with Gasteiger partial charge in [0.2, 0.25) is 0 Å². The van der Waals surface area contributed by atoms with Crippen LogP contribution in [0.15, 0.2) is 27.8 Å². The molecule has 0 saturated carbocycles. The Morgan fingerprint density at radius 2 is 1.78 bits per heavy atom. The first-order chi connectivity index (χ1) is 12.6. The van der Waals surface area contributed by atoms with Crippen molar-refractivity contribution < 1.29 is 9.84 Å². The highest BCUT2D eigenvalue weighted by molar-refractivity contribution is 6.76. The third kappa shape index (κ3) is 4.78. The second kappa shape index (κ2) is 8.27. The smallest absolute Gasteiger partial charge is 0.333 e. The van der Waals surface area contributed by atoms with Crippen molar-refractivity contribution in [2.75, 3.05) is 6.61 Å². The topological polar surface area (TPSA) is 73.5 Å². The van der Waals surface area contributed by atoms with Crippen LogP contribution in [-0.4, -0.2) is 28.9 Å². The Balaban J connectivity index is 2.48. The standard InChI is InChI=1S/C20H30N2O4Si/c1-7-21-18(17-9-8-16(23)12-14(17)2)15(3)19(24)22(20(21)25)13-26-10-11-27(4,5)6/h8-9,12,23H,7,10-11,13H2,1-6H3. The Morgan fingerprint density at radius 3 is 2.33 bits per heavy atom. The number of ether oxygens (including phenoxy) is 1. The van der Waals surface area contributed by atoms with E-state index in [0.29, 0.717) is 24.4 Å². The van der Waals surface area contributed by atoms with E-state index in [9.17, 15) is 14.7 Å². The van der Waals surface area contributed by atoms with Gasteiger partial charge in [-0.1, -0.05) is 19.6 Å². The van der Waals surface area contributed by atoms with E-state index in [-0.39, 0.29) is 23.7 Å². The highest BCUT2D eigenvalue weighted by atomic mass is 28.3. The maximum Gasteiger partial charge on any atom is 0.333 e. The Hall–Kier alpha value is -2.12. The minimum Gasteiger partial charge on any atom is -0.508 e. The number of aromatic hydroxyl groups is 1. The van der Waals surface area contributed by atoms with Gasteiger partial charge < -0.3 is 9.84 Å². The second-order valence-corrected chi connectivity index (χ2v) is 13.7. The third-order valence-electron chi connectivity index (χ3n) is 4.65. The van der Waals surface area contributed by atoms with Gasteiger partial charge in [0.05, 0.1) is 5.69 Å². The fraction of sp³-hybridized carbons (Fsp3) is 0.500. The van der Waals surface area contributed by atoms with Gasteiger partial charge in [0, 0.05) is 32.4 Å². The van der Waals surface area contributed by atoms with Crippen molar-refractivity contribution in [3.8, 4) is 17.0 Å². The summed E-state index contributed by atoms with van der Waals surface area (Å²) in [4.78, 5) is 25.8. The van der Waals surface area contributed by atoms with Crippen molar-refractivity contribution in [2.24, 2.45) is 0 Å². The lowest BCUT2D eigenvalue weighted by atomic mass is 10.0. The monoisotopic (exact) mass is 390 g/mol. The van der Waals surface area contributed by atoms with E-state index in [4.69, 9.17) is 4.74 Å². The van der Waals surface area contributed by atoms with Gasteiger partial charge in [0.15, 0.2) is 0 Å². The average molecular weight is 391 g/mol. The highest BCUT2D eigenvalue weighted by Crippen LogP contribution is 2.27. The molecule has 148 valence electrons. The average Bonchev–Trinajstić information content (AvgIpc) is 2.57. The minimum atomic E-state index is -1.23. The van der Waals surface area contributed by atoms with Crippen molar-refractivity contribution in [1.29, 1.82) is 0 Å². The van der Waals surface area contributed by atoms with Crippen molar-refractivity contribution in [2.45, 2.75) is 59.7 Å². The molecule has 0 bridgehead atoms. The summed E-state index contributed by atoms with van der Waals surface area (Å²) in [5.74, 6) is 0.156. The molecule has 6 nitrogen and oxygen atoms in total. The van der Waals surface area contributed by atoms with Crippen molar-refractivity contribution >= 4 is 8.07 Å². The Morgan fingerprint density at radius 1 is 1.11 bits per heavy atom. The van der Waals surface area contributed by atoms with E-state index in [1.165, 1.54) is 4.57 Å². The quantitative estimate of drug-likeness (QED) is 0.581. The van der Waals surface area contributed by atoms with E-state index < -0.39 is 8.07 Å². The maximum atomic E-state index is 12.9. The maximum absolute atomic E-state index is 12.9. The number of phenolic OH excluding ortho intramolecular Hbond substituents is 1. The van der Waals surface area contributed by atoms with Crippen LogP contribution >= 0.6 is 0 Å². The molecule has 0 amide bonds. The van der Waals surface area contributed by atoms with Crippen LogP contribution in [-0.2, 0) is 18.0 Å². The predicted molar refractivity (Wildman–Crippen MR) is 111 cm³/mol. The largest absolute Gasteiger partial charge is 0.508 e. The Kier molecular flexibility index (Phi) is 6.49. The molecule has 0 fully saturated rings. The summed E-state index contributed by atoms with van der Waals surface area (Å²) < 4.78 is 8.41. The molecule has 2 aromatic rings. The third-order valence-corrected chi connectivity index (χ3v) is 6.36. The van der Waals surface area contributed by atoms with E-state index in [2.05, 4.69) is 19.6 Å². The summed E-state index contributed by atoms with van der Waals surface area (Å²) in [6.45, 7) is 13.2. The first kappa shape index (κ1) is 21.2. The van der Waals surface area contributed by atoms with Gasteiger partial charge in [0.1, 0.15) is 12.5 Å². The Labute approximate surface area is 161 Å². The van der Waals surface area contributed by atoms with Crippen LogP contribution in [0, 0.1) is 13.8 Å². The van der Waals surface area contributed by atoms with Gasteiger partial charge >= 0.3 is 5.69 Å². The van der Waals surface area contributed by atoms with Gasteiger partial charge in [-0.3, -0.25) is 9.36 Å². The molecular formula is C20H30N2O4Si. The minimum absolute atomic E-state index is 0.0299. The molecule has 0 aliphatic rings. The van der Waals surface area contributed by atoms with Crippen LogP contribution in [0.25, 0.3) is 11.3 Å². The number of benzene rings is 1. The number of hydrogen-bond acceptors (Lipinski definition) is 4. The molecule has 1 aromatic carbocycles. The van der Waals surface area contributed by atoms with Crippen molar-refractivity contribution in [1.82, 2.24) is 9.13 Å². The van der Waals surface area contributed by atoms with Crippen LogP contribution in [0.1, 0.15) is 18.1 Å². The SMILES string of the molecule is CCn1c(-c2ccc(O)cc2C)c(C)c(=O)n(COCC[Si](C)(C)C)c1=O. The molecule has 0 unspecified atom stereocenters. The lowest BCUT2D eigenvalue weighted by Gasteiger charge is -2.19. The number of nitrogens with zero attached hydrogens (tertiary/aromatic N) is 2. The lowest BCUT2D eigenvalue weighted by molar-refractivity contribution is 0.0803. The van der Waals surface area contributed by atoms with Crippen LogP contribution in [0.4, 0.5) is 0 Å². The fourth-order valence-corrected chi connectivity index (χ4v) is 3.79. The van der Waals surface area contributed by atoms with Gasteiger partial charge in [-0.25, -0.2) is 9.36 Å². The summed E-state index contributed by atoms with van der Waals surface area (Å²) in [7, 11) is -1.23. The van der Waals surface area contributed by atoms with E-state index in [1.807, 2.05) is 13.8 Å². The molecule has 1 heterocycles. The molecule has 0 saturated heterocycles. The van der Waals surface area contributed by atoms with Gasteiger partial charge in [0.25, 0.3) is 5.56 Å². The molecule has 27 heavy (non-hydrogen) atoms. The summed E-state index contributed by atoms with van der Waals surface area (Å²) in [5.41, 5.74) is 1.97. The van der Waals surface area contributed by atoms with Crippen LogP contribution in [0.5, 0.6) is 5.75 Å². The predicted octanol–water partition coefficient (Wildman–Crippen LogP) is 3.33.